The molecule has 0 saturated carbocycles. The zero-order chi connectivity index (χ0) is 23.6. The van der Waals surface area contributed by atoms with Crippen LogP contribution in [0.2, 0.25) is 0 Å². The van der Waals surface area contributed by atoms with Gasteiger partial charge in [-0.1, -0.05) is 24.3 Å². The Kier molecular flexibility index (Phi) is 7.28. The second-order valence-electron chi connectivity index (χ2n) is 8.96. The largest absolute Gasteiger partial charge is 0.383 e. The van der Waals surface area contributed by atoms with Gasteiger partial charge in [0.1, 0.15) is 11.6 Å². The molecule has 178 valence electrons. The fourth-order valence-electron chi connectivity index (χ4n) is 4.84. The second-order valence-corrected chi connectivity index (χ2v) is 10.9. The van der Waals surface area contributed by atoms with Gasteiger partial charge in [0.05, 0.1) is 17.6 Å². The highest BCUT2D eigenvalue weighted by Crippen LogP contribution is 2.32. The smallest absolute Gasteiger partial charge is 0.176 e. The Bertz CT molecular complexity index is 1100. The van der Waals surface area contributed by atoms with Crippen molar-refractivity contribution in [3.05, 3.63) is 76.4 Å². The van der Waals surface area contributed by atoms with Crippen molar-refractivity contribution in [1.29, 1.82) is 0 Å². The maximum Gasteiger partial charge on any atom is 0.176 e. The maximum atomic E-state index is 13.7. The third kappa shape index (κ3) is 5.69. The van der Waals surface area contributed by atoms with Gasteiger partial charge in [0, 0.05) is 39.1 Å². The number of benzene rings is 2. The average Bonchev–Trinajstić information content (AvgIpc) is 3.24. The number of nitrogens with zero attached hydrogens (tertiary/aromatic N) is 2. The molecule has 4 rings (SSSR count). The first-order chi connectivity index (χ1) is 15.7. The van der Waals surface area contributed by atoms with Crippen molar-refractivity contribution in [3.63, 3.8) is 0 Å². The number of sulfone groups is 1. The van der Waals surface area contributed by atoms with Gasteiger partial charge in [-0.2, -0.15) is 0 Å². The molecule has 0 aliphatic carbocycles. The molecular weight excluding hydrogens is 446 g/mol. The van der Waals surface area contributed by atoms with Gasteiger partial charge in [0.15, 0.2) is 9.84 Å². The molecule has 2 heterocycles. The SMILES string of the molecule is COCC(c1ccc(CN2CC(=C(c3cc(F)cc(F)c3)S(C)(=O)=O)C2)cc1)N1CCCC1. The molecule has 1 unspecified atom stereocenters. The third-order valence-electron chi connectivity index (χ3n) is 6.32. The highest BCUT2D eigenvalue weighted by Gasteiger charge is 2.29. The molecule has 0 spiro atoms. The second kappa shape index (κ2) is 10.0. The van der Waals surface area contributed by atoms with Crippen LogP contribution in [0.15, 0.2) is 48.0 Å². The lowest BCUT2D eigenvalue weighted by Crippen LogP contribution is -2.40. The fourth-order valence-corrected chi connectivity index (χ4v) is 6.04. The van der Waals surface area contributed by atoms with Gasteiger partial charge in [-0.15, -0.1) is 0 Å². The summed E-state index contributed by atoms with van der Waals surface area (Å²) in [7, 11) is -1.90. The maximum absolute atomic E-state index is 13.7. The van der Waals surface area contributed by atoms with E-state index in [0.717, 1.165) is 43.1 Å². The Hall–Kier alpha value is -2.13. The fraction of sp³-hybridized carbons (Fsp3) is 0.440. The lowest BCUT2D eigenvalue weighted by Gasteiger charge is -2.36. The molecule has 5 nitrogen and oxygen atoms in total. The zero-order valence-electron chi connectivity index (χ0n) is 19.1. The molecule has 0 bridgehead atoms. The van der Waals surface area contributed by atoms with E-state index in [0.29, 0.717) is 31.8 Å². The van der Waals surface area contributed by atoms with Crippen LogP contribution in [-0.4, -0.2) is 64.4 Å². The van der Waals surface area contributed by atoms with E-state index in [4.69, 9.17) is 4.74 Å². The molecule has 2 aliphatic heterocycles. The summed E-state index contributed by atoms with van der Waals surface area (Å²) < 4.78 is 57.6. The van der Waals surface area contributed by atoms with Gasteiger partial charge in [-0.3, -0.25) is 9.80 Å². The molecule has 2 aromatic carbocycles. The van der Waals surface area contributed by atoms with E-state index in [-0.39, 0.29) is 16.5 Å². The molecule has 2 fully saturated rings. The van der Waals surface area contributed by atoms with Crippen molar-refractivity contribution < 1.29 is 21.9 Å². The Morgan fingerprint density at radius 3 is 2.18 bits per heavy atom. The Morgan fingerprint density at radius 1 is 1.03 bits per heavy atom. The monoisotopic (exact) mass is 476 g/mol. The van der Waals surface area contributed by atoms with E-state index in [1.54, 1.807) is 7.11 Å². The third-order valence-corrected chi connectivity index (χ3v) is 7.59. The molecule has 0 aromatic heterocycles. The van der Waals surface area contributed by atoms with Crippen LogP contribution in [0.5, 0.6) is 0 Å². The summed E-state index contributed by atoms with van der Waals surface area (Å²) in [5.41, 5.74) is 3.11. The van der Waals surface area contributed by atoms with Crippen molar-refractivity contribution in [2.45, 2.75) is 25.4 Å². The van der Waals surface area contributed by atoms with Crippen molar-refractivity contribution >= 4 is 14.7 Å². The van der Waals surface area contributed by atoms with Gasteiger partial charge < -0.3 is 4.74 Å². The number of halogens is 2. The summed E-state index contributed by atoms with van der Waals surface area (Å²) in [6.45, 7) is 4.42. The van der Waals surface area contributed by atoms with Crippen LogP contribution in [0.25, 0.3) is 4.91 Å². The number of rotatable bonds is 8. The summed E-state index contributed by atoms with van der Waals surface area (Å²) in [5, 5.41) is 0. The molecule has 33 heavy (non-hydrogen) atoms. The average molecular weight is 477 g/mol. The summed E-state index contributed by atoms with van der Waals surface area (Å²) in [6.07, 6.45) is 3.53. The molecular formula is C25H30F2N2O3S. The molecule has 8 heteroatoms. The van der Waals surface area contributed by atoms with Crippen LogP contribution >= 0.6 is 0 Å². The molecule has 2 aromatic rings. The van der Waals surface area contributed by atoms with Crippen LogP contribution < -0.4 is 0 Å². The lowest BCUT2D eigenvalue weighted by atomic mass is 10.0. The summed E-state index contributed by atoms with van der Waals surface area (Å²) >= 11 is 0. The minimum absolute atomic E-state index is 0.0283. The van der Waals surface area contributed by atoms with Gasteiger partial charge in [-0.05, 0) is 60.3 Å². The van der Waals surface area contributed by atoms with Crippen molar-refractivity contribution in [2.75, 3.05) is 46.2 Å². The first-order valence-electron chi connectivity index (χ1n) is 11.2. The highest BCUT2D eigenvalue weighted by molar-refractivity contribution is 8.00. The van der Waals surface area contributed by atoms with Crippen LogP contribution in [0.1, 0.15) is 35.6 Å². The molecule has 2 saturated heterocycles. The van der Waals surface area contributed by atoms with Crippen molar-refractivity contribution in [2.24, 2.45) is 0 Å². The predicted octanol–water partition coefficient (Wildman–Crippen LogP) is 4.02. The molecule has 2 aliphatic rings. The number of hydrogen-bond acceptors (Lipinski definition) is 5. The van der Waals surface area contributed by atoms with E-state index >= 15 is 0 Å². The number of ether oxygens (including phenoxy) is 1. The summed E-state index contributed by atoms with van der Waals surface area (Å²) in [5.74, 6) is -1.58. The minimum Gasteiger partial charge on any atom is -0.383 e. The van der Waals surface area contributed by atoms with E-state index in [1.807, 2.05) is 0 Å². The number of methoxy groups -OCH3 is 1. The van der Waals surface area contributed by atoms with E-state index in [2.05, 4.69) is 34.1 Å². The first-order valence-corrected chi connectivity index (χ1v) is 13.1. The standard InChI is InChI=1S/C25H30F2N2O3S/c1-32-17-24(29-9-3-4-10-29)19-7-5-18(6-8-19)14-28-15-21(16-28)25(33(2,30)31)20-11-22(26)13-23(27)12-20/h5-8,11-13,24H,3-4,9-10,14-17H2,1-2H3. The Morgan fingerprint density at radius 2 is 1.64 bits per heavy atom. The topological polar surface area (TPSA) is 49.9 Å². The van der Waals surface area contributed by atoms with Gasteiger partial charge in [0.25, 0.3) is 0 Å². The molecule has 0 radical (unpaired) electrons. The van der Waals surface area contributed by atoms with Crippen LogP contribution in [0.3, 0.4) is 0 Å². The van der Waals surface area contributed by atoms with Crippen molar-refractivity contribution in [3.8, 4) is 0 Å². The lowest BCUT2D eigenvalue weighted by molar-refractivity contribution is 0.105. The van der Waals surface area contributed by atoms with E-state index in [9.17, 15) is 17.2 Å². The normalized spacial score (nSPS) is 18.4. The Labute approximate surface area is 194 Å². The number of hydrogen-bond donors (Lipinski definition) is 0. The Balaban J connectivity index is 1.45. The van der Waals surface area contributed by atoms with Crippen LogP contribution in [0.4, 0.5) is 8.78 Å². The van der Waals surface area contributed by atoms with E-state index in [1.165, 1.54) is 18.4 Å². The molecule has 0 N–H and O–H groups in total. The van der Waals surface area contributed by atoms with E-state index < -0.39 is 21.5 Å². The molecule has 0 amide bonds. The summed E-state index contributed by atoms with van der Waals surface area (Å²) in [4.78, 5) is 4.60. The highest BCUT2D eigenvalue weighted by atomic mass is 32.2. The van der Waals surface area contributed by atoms with Crippen LogP contribution in [-0.2, 0) is 21.1 Å². The molecule has 1 atom stereocenters. The van der Waals surface area contributed by atoms with Crippen LogP contribution in [0, 0.1) is 11.6 Å². The zero-order valence-corrected chi connectivity index (χ0v) is 19.9. The predicted molar refractivity (Wildman–Crippen MR) is 125 cm³/mol. The minimum atomic E-state index is -3.63. The van der Waals surface area contributed by atoms with Gasteiger partial charge in [0.2, 0.25) is 0 Å². The van der Waals surface area contributed by atoms with Gasteiger partial charge in [-0.25, -0.2) is 17.2 Å². The van der Waals surface area contributed by atoms with Gasteiger partial charge >= 0.3 is 0 Å². The van der Waals surface area contributed by atoms with Crippen molar-refractivity contribution in [1.82, 2.24) is 9.80 Å². The first kappa shape index (κ1) is 24.0. The number of likely N-dealkylation sites (tertiary alicyclic amines) is 2. The quantitative estimate of drug-likeness (QED) is 0.576. The summed E-state index contributed by atoms with van der Waals surface area (Å²) in [6, 6.07) is 11.6.